The molecule has 0 saturated heterocycles. The molecule has 8 nitrogen and oxygen atoms in total. The van der Waals surface area contributed by atoms with Crippen molar-refractivity contribution in [3.63, 3.8) is 0 Å². The minimum absolute atomic E-state index is 0.571. The maximum absolute atomic E-state index is 10.5. The van der Waals surface area contributed by atoms with E-state index >= 15 is 0 Å². The van der Waals surface area contributed by atoms with Crippen LogP contribution in [0.1, 0.15) is 24.0 Å². The fraction of sp³-hybridized carbons (Fsp3) is 0.333. The van der Waals surface area contributed by atoms with E-state index in [1.54, 1.807) is 26.4 Å². The second-order valence-electron chi connectivity index (χ2n) is 6.26. The lowest BCUT2D eigenvalue weighted by atomic mass is 10.1. The van der Waals surface area contributed by atoms with Crippen LogP contribution in [0, 0.1) is 11.8 Å². The molecule has 138 valence electrons. The van der Waals surface area contributed by atoms with Crippen LogP contribution in [0.25, 0.3) is 0 Å². The molecule has 0 aliphatic carbocycles. The van der Waals surface area contributed by atoms with E-state index < -0.39 is 5.60 Å². The predicted molar refractivity (Wildman–Crippen MR) is 104 cm³/mol. The normalized spacial score (nSPS) is 15.4. The van der Waals surface area contributed by atoms with Gasteiger partial charge >= 0.3 is 0 Å². The number of thiazole rings is 1. The smallest absolute Gasteiger partial charge is 0.224 e. The molecule has 0 amide bonds. The van der Waals surface area contributed by atoms with Gasteiger partial charge in [0.1, 0.15) is 22.3 Å². The largest absolute Gasteiger partial charge is 0.371 e. The number of aromatic nitrogens is 5. The molecule has 0 spiro atoms. The monoisotopic (exact) mass is 381 g/mol. The number of hydrogen-bond acceptors (Lipinski definition) is 8. The van der Waals surface area contributed by atoms with Crippen LogP contribution in [0.2, 0.25) is 0 Å². The molecule has 0 fully saturated rings. The minimum atomic E-state index is -1.30. The molecule has 0 saturated carbocycles. The maximum Gasteiger partial charge on any atom is 0.224 e. The van der Waals surface area contributed by atoms with E-state index in [1.807, 2.05) is 22.2 Å². The highest BCUT2D eigenvalue weighted by atomic mass is 32.1. The van der Waals surface area contributed by atoms with Crippen LogP contribution >= 0.6 is 11.3 Å². The summed E-state index contributed by atoms with van der Waals surface area (Å²) in [6.45, 7) is 3.30. The second kappa shape index (κ2) is 6.98. The van der Waals surface area contributed by atoms with Crippen LogP contribution in [0.4, 0.5) is 17.6 Å². The molecule has 1 unspecified atom stereocenters. The molecule has 1 atom stereocenters. The van der Waals surface area contributed by atoms with Gasteiger partial charge in [0.05, 0.1) is 0 Å². The highest BCUT2D eigenvalue weighted by Gasteiger charge is 2.24. The fourth-order valence-electron chi connectivity index (χ4n) is 2.90. The molecule has 0 bridgehead atoms. The molecule has 1 aliphatic rings. The van der Waals surface area contributed by atoms with E-state index in [-0.39, 0.29) is 0 Å². The zero-order valence-electron chi connectivity index (χ0n) is 15.0. The summed E-state index contributed by atoms with van der Waals surface area (Å²) in [7, 11) is 1.79. The zero-order valence-corrected chi connectivity index (χ0v) is 15.9. The van der Waals surface area contributed by atoms with Crippen molar-refractivity contribution in [1.29, 1.82) is 0 Å². The zero-order chi connectivity index (χ0) is 18.9. The first kappa shape index (κ1) is 17.5. The van der Waals surface area contributed by atoms with Crippen LogP contribution in [0.15, 0.2) is 29.9 Å². The van der Waals surface area contributed by atoms with Gasteiger partial charge in [0.2, 0.25) is 5.95 Å². The van der Waals surface area contributed by atoms with Gasteiger partial charge in [0, 0.05) is 44.0 Å². The molecule has 0 radical (unpaired) electrons. The average molecular weight is 381 g/mol. The van der Waals surface area contributed by atoms with Crippen molar-refractivity contribution < 1.29 is 5.11 Å². The first-order chi connectivity index (χ1) is 13.1. The summed E-state index contributed by atoms with van der Waals surface area (Å²) in [5, 5.41) is 20.4. The summed E-state index contributed by atoms with van der Waals surface area (Å²) in [6.07, 6.45) is 4.34. The van der Waals surface area contributed by atoms with Crippen molar-refractivity contribution in [2.75, 3.05) is 23.8 Å². The summed E-state index contributed by atoms with van der Waals surface area (Å²) >= 11 is 1.38. The maximum atomic E-state index is 10.5. The molecule has 27 heavy (non-hydrogen) atoms. The summed E-state index contributed by atoms with van der Waals surface area (Å²) in [6, 6.07) is 3.80. The van der Waals surface area contributed by atoms with Gasteiger partial charge in [-0.1, -0.05) is 5.92 Å². The molecule has 0 aromatic carbocycles. The Labute approximate surface area is 160 Å². The first-order valence-corrected chi connectivity index (χ1v) is 9.46. The molecular weight excluding hydrogens is 362 g/mol. The van der Waals surface area contributed by atoms with Gasteiger partial charge < -0.3 is 15.3 Å². The number of nitrogens with zero attached hydrogens (tertiary/aromatic N) is 6. The molecular formula is C18H19N7OS. The van der Waals surface area contributed by atoms with Gasteiger partial charge in [-0.2, -0.15) is 10.1 Å². The van der Waals surface area contributed by atoms with Crippen LogP contribution in [0.3, 0.4) is 0 Å². The Hall–Kier alpha value is -2.96. The summed E-state index contributed by atoms with van der Waals surface area (Å²) in [5.74, 6) is 8.18. The average Bonchev–Trinajstić information content (AvgIpc) is 3.36. The minimum Gasteiger partial charge on any atom is -0.371 e. The van der Waals surface area contributed by atoms with Gasteiger partial charge in [-0.25, -0.2) is 14.6 Å². The predicted octanol–water partition coefficient (Wildman–Crippen LogP) is 1.97. The summed E-state index contributed by atoms with van der Waals surface area (Å²) in [5.41, 5.74) is -0.691. The molecule has 4 heterocycles. The van der Waals surface area contributed by atoms with Gasteiger partial charge in [-0.05, 0) is 25.3 Å². The van der Waals surface area contributed by atoms with Crippen molar-refractivity contribution >= 4 is 28.9 Å². The third kappa shape index (κ3) is 3.49. The molecule has 3 aromatic rings. The van der Waals surface area contributed by atoms with Crippen molar-refractivity contribution in [1.82, 2.24) is 24.7 Å². The van der Waals surface area contributed by atoms with E-state index in [0.29, 0.717) is 16.6 Å². The number of aryl methyl sites for hydroxylation is 1. The summed E-state index contributed by atoms with van der Waals surface area (Å²) in [4.78, 5) is 14.9. The van der Waals surface area contributed by atoms with Crippen LogP contribution in [-0.2, 0) is 12.1 Å². The Balaban J connectivity index is 1.65. The molecule has 2 N–H and O–H groups in total. The Bertz CT molecular complexity index is 1000. The van der Waals surface area contributed by atoms with Gasteiger partial charge in [0.25, 0.3) is 0 Å². The van der Waals surface area contributed by atoms with E-state index in [9.17, 15) is 5.11 Å². The molecule has 9 heteroatoms. The number of anilines is 3. The number of aliphatic hydroxyl groups is 1. The lowest BCUT2D eigenvalue weighted by Gasteiger charge is -2.28. The molecule has 1 aliphatic heterocycles. The van der Waals surface area contributed by atoms with Gasteiger partial charge in [0.15, 0.2) is 5.60 Å². The lowest BCUT2D eigenvalue weighted by molar-refractivity contribution is 0.122. The Morgan fingerprint density at radius 3 is 2.96 bits per heavy atom. The lowest BCUT2D eigenvalue weighted by Crippen LogP contribution is -2.28. The van der Waals surface area contributed by atoms with Crippen LogP contribution in [-0.4, -0.2) is 43.4 Å². The number of nitrogens with one attached hydrogen (secondary N) is 1. The Kier molecular flexibility index (Phi) is 4.51. The number of hydrogen-bond donors (Lipinski definition) is 2. The first-order valence-electron chi connectivity index (χ1n) is 8.58. The molecule has 4 rings (SSSR count). The number of rotatable bonds is 3. The Morgan fingerprint density at radius 2 is 2.19 bits per heavy atom. The summed E-state index contributed by atoms with van der Waals surface area (Å²) < 4.78 is 1.92. The van der Waals surface area contributed by atoms with Gasteiger partial charge in [-0.3, -0.25) is 0 Å². The topological polar surface area (TPSA) is 92.0 Å². The van der Waals surface area contributed by atoms with E-state index in [1.165, 1.54) is 11.3 Å². The third-order valence-electron chi connectivity index (χ3n) is 4.21. The standard InChI is InChI=1S/C18H19N7OS/c1-18(26,16-20-8-11-27-16)6-4-13-12-15-24(9-3-10-25(15)23-13)14-5-7-21-17(19-2)22-14/h5,7-8,11-12,26H,3,9-10H2,1-2H3,(H,19,21,22). The van der Waals surface area contributed by atoms with E-state index in [0.717, 1.165) is 31.1 Å². The van der Waals surface area contributed by atoms with Crippen LogP contribution in [0.5, 0.6) is 0 Å². The van der Waals surface area contributed by atoms with E-state index in [2.05, 4.69) is 42.1 Å². The fourth-order valence-corrected chi connectivity index (χ4v) is 3.55. The number of fused-ring (bicyclic) bond motifs is 1. The van der Waals surface area contributed by atoms with Gasteiger partial charge in [-0.15, -0.1) is 11.3 Å². The van der Waals surface area contributed by atoms with E-state index in [4.69, 9.17) is 0 Å². The quantitative estimate of drug-likeness (QED) is 0.670. The van der Waals surface area contributed by atoms with Crippen molar-refractivity contribution in [3.8, 4) is 11.8 Å². The van der Waals surface area contributed by atoms with Crippen molar-refractivity contribution in [2.24, 2.45) is 0 Å². The SMILES string of the molecule is CNc1nccc(N2CCCn3nc(C#CC(C)(O)c4nccs4)cc32)n1. The molecule has 3 aromatic heterocycles. The van der Waals surface area contributed by atoms with Crippen molar-refractivity contribution in [3.05, 3.63) is 40.6 Å². The second-order valence-corrected chi connectivity index (χ2v) is 7.16. The third-order valence-corrected chi connectivity index (χ3v) is 5.19. The highest BCUT2D eigenvalue weighted by Crippen LogP contribution is 2.29. The van der Waals surface area contributed by atoms with Crippen LogP contribution < -0.4 is 10.2 Å². The highest BCUT2D eigenvalue weighted by molar-refractivity contribution is 7.09. The Morgan fingerprint density at radius 1 is 1.30 bits per heavy atom. The van der Waals surface area contributed by atoms with Crippen molar-refractivity contribution in [2.45, 2.75) is 25.5 Å².